The number of carbonyl (C=O) groups excluding carboxylic acids is 1. The van der Waals surface area contributed by atoms with Crippen molar-refractivity contribution in [2.75, 3.05) is 26.2 Å². The molecule has 0 bridgehead atoms. The summed E-state index contributed by atoms with van der Waals surface area (Å²) >= 11 is 1.20. The van der Waals surface area contributed by atoms with E-state index in [0.29, 0.717) is 36.7 Å². The van der Waals surface area contributed by atoms with Crippen molar-refractivity contribution < 1.29 is 17.9 Å². The van der Waals surface area contributed by atoms with Gasteiger partial charge in [0.1, 0.15) is 16.6 Å². The first kappa shape index (κ1) is 20.8. The fourth-order valence-electron chi connectivity index (χ4n) is 3.42. The van der Waals surface area contributed by atoms with E-state index in [0.717, 1.165) is 16.9 Å². The summed E-state index contributed by atoms with van der Waals surface area (Å²) in [5.74, 6) is 0.345. The van der Waals surface area contributed by atoms with E-state index >= 15 is 0 Å². The summed E-state index contributed by atoms with van der Waals surface area (Å²) in [5.41, 5.74) is 2.27. The molecule has 8 heteroatoms. The van der Waals surface area contributed by atoms with Gasteiger partial charge in [-0.2, -0.15) is 4.31 Å². The summed E-state index contributed by atoms with van der Waals surface area (Å²) < 4.78 is 32.8. The highest BCUT2D eigenvalue weighted by Gasteiger charge is 2.33. The van der Waals surface area contributed by atoms with Crippen molar-refractivity contribution in [2.24, 2.45) is 5.92 Å². The number of nitrogens with one attached hydrogen (secondary N) is 1. The monoisotopic (exact) mass is 422 g/mol. The number of aryl methyl sites for hydroxylation is 2. The van der Waals surface area contributed by atoms with Gasteiger partial charge >= 0.3 is 0 Å². The van der Waals surface area contributed by atoms with Gasteiger partial charge in [-0.25, -0.2) is 8.42 Å². The minimum absolute atomic E-state index is 0.116. The fourth-order valence-corrected chi connectivity index (χ4v) is 6.08. The number of hydrogen-bond donors (Lipinski definition) is 1. The molecule has 6 nitrogen and oxygen atoms in total. The number of benzene rings is 1. The number of ether oxygens (including phenoxy) is 1. The van der Waals surface area contributed by atoms with Crippen LogP contribution in [0.25, 0.3) is 0 Å². The van der Waals surface area contributed by atoms with E-state index < -0.39 is 10.0 Å². The van der Waals surface area contributed by atoms with Crippen LogP contribution >= 0.6 is 11.3 Å². The number of thiophene rings is 1. The standard InChI is InChI=1S/C20H26N2O4S2/c1-15-11-16(2)13-18(12-15)26-9-7-21-20(23)17-5-3-8-22(14-17)28(24,25)19-6-4-10-27-19/h4,6,10-13,17H,3,5,7-9,14H2,1-2H3,(H,21,23). The molecule has 152 valence electrons. The molecular formula is C20H26N2O4S2. The summed E-state index contributed by atoms with van der Waals surface area (Å²) in [6.45, 7) is 5.48. The molecule has 1 aromatic heterocycles. The lowest BCUT2D eigenvalue weighted by Gasteiger charge is -2.30. The summed E-state index contributed by atoms with van der Waals surface area (Å²) in [6.07, 6.45) is 1.38. The van der Waals surface area contributed by atoms with Crippen LogP contribution in [-0.4, -0.2) is 44.9 Å². The Morgan fingerprint density at radius 2 is 2.04 bits per heavy atom. The molecule has 2 heterocycles. The average molecular weight is 423 g/mol. The van der Waals surface area contributed by atoms with Gasteiger partial charge in [-0.3, -0.25) is 4.79 Å². The van der Waals surface area contributed by atoms with Crippen molar-refractivity contribution in [1.29, 1.82) is 0 Å². The Hall–Kier alpha value is -1.90. The molecule has 0 saturated carbocycles. The van der Waals surface area contributed by atoms with Gasteiger partial charge in [0.2, 0.25) is 5.91 Å². The molecular weight excluding hydrogens is 396 g/mol. The van der Waals surface area contributed by atoms with Gasteiger partial charge in [-0.15, -0.1) is 11.3 Å². The minimum atomic E-state index is -3.51. The molecule has 1 atom stereocenters. The van der Waals surface area contributed by atoms with Crippen molar-refractivity contribution >= 4 is 27.3 Å². The minimum Gasteiger partial charge on any atom is -0.492 e. The molecule has 0 spiro atoms. The molecule has 1 N–H and O–H groups in total. The SMILES string of the molecule is Cc1cc(C)cc(OCCNC(=O)C2CCCN(S(=O)(=O)c3cccs3)C2)c1. The highest BCUT2D eigenvalue weighted by atomic mass is 32.2. The lowest BCUT2D eigenvalue weighted by molar-refractivity contribution is -0.126. The second-order valence-electron chi connectivity index (χ2n) is 7.10. The van der Waals surface area contributed by atoms with E-state index in [1.165, 1.54) is 15.6 Å². The maximum absolute atomic E-state index is 12.7. The predicted molar refractivity (Wildman–Crippen MR) is 110 cm³/mol. The largest absolute Gasteiger partial charge is 0.492 e. The van der Waals surface area contributed by atoms with Gasteiger partial charge in [0, 0.05) is 13.1 Å². The maximum atomic E-state index is 12.7. The Morgan fingerprint density at radius 3 is 2.71 bits per heavy atom. The molecule has 1 aliphatic rings. The molecule has 1 amide bonds. The molecule has 28 heavy (non-hydrogen) atoms. The van der Waals surface area contributed by atoms with E-state index in [1.54, 1.807) is 17.5 Å². The number of sulfonamides is 1. The summed E-state index contributed by atoms with van der Waals surface area (Å²) in [5, 5.41) is 4.62. The van der Waals surface area contributed by atoms with Crippen LogP contribution in [0.4, 0.5) is 0 Å². The van der Waals surface area contributed by atoms with Gasteiger partial charge in [0.15, 0.2) is 0 Å². The number of amides is 1. The summed E-state index contributed by atoms with van der Waals surface area (Å²) in [4.78, 5) is 12.5. The van der Waals surface area contributed by atoms with Crippen LogP contribution in [-0.2, 0) is 14.8 Å². The van der Waals surface area contributed by atoms with Crippen molar-refractivity contribution in [1.82, 2.24) is 9.62 Å². The molecule has 1 aliphatic heterocycles. The first-order chi connectivity index (χ1) is 13.4. The van der Waals surface area contributed by atoms with Crippen molar-refractivity contribution in [2.45, 2.75) is 30.9 Å². The Labute approximate surface area is 170 Å². The number of rotatable bonds is 7. The van der Waals surface area contributed by atoms with E-state index in [-0.39, 0.29) is 18.4 Å². The van der Waals surface area contributed by atoms with Crippen LogP contribution < -0.4 is 10.1 Å². The van der Waals surface area contributed by atoms with E-state index in [2.05, 4.69) is 11.4 Å². The molecule has 2 aromatic rings. The van der Waals surface area contributed by atoms with Crippen LogP contribution in [0.3, 0.4) is 0 Å². The zero-order valence-corrected chi connectivity index (χ0v) is 17.8. The number of nitrogens with zero attached hydrogens (tertiary/aromatic N) is 1. The molecule has 1 saturated heterocycles. The topological polar surface area (TPSA) is 75.7 Å². The van der Waals surface area contributed by atoms with Crippen molar-refractivity contribution in [3.63, 3.8) is 0 Å². The Kier molecular flexibility index (Phi) is 6.74. The Balaban J connectivity index is 1.49. The van der Waals surface area contributed by atoms with Crippen LogP contribution in [0.5, 0.6) is 5.75 Å². The maximum Gasteiger partial charge on any atom is 0.252 e. The van der Waals surface area contributed by atoms with Gasteiger partial charge in [-0.05, 0) is 61.4 Å². The lowest BCUT2D eigenvalue weighted by Crippen LogP contribution is -2.45. The van der Waals surface area contributed by atoms with E-state index in [9.17, 15) is 13.2 Å². The fraction of sp³-hybridized carbons (Fsp3) is 0.450. The number of carbonyl (C=O) groups is 1. The second-order valence-corrected chi connectivity index (χ2v) is 10.2. The second kappa shape index (κ2) is 9.07. The van der Waals surface area contributed by atoms with E-state index in [4.69, 9.17) is 4.74 Å². The predicted octanol–water partition coefficient (Wildman–Crippen LogP) is 2.96. The zero-order valence-electron chi connectivity index (χ0n) is 16.2. The van der Waals surface area contributed by atoms with Crippen LogP contribution in [0.15, 0.2) is 39.9 Å². The van der Waals surface area contributed by atoms with Crippen LogP contribution in [0.1, 0.15) is 24.0 Å². The Morgan fingerprint density at radius 1 is 1.29 bits per heavy atom. The third-order valence-corrected chi connectivity index (χ3v) is 7.95. The summed E-state index contributed by atoms with van der Waals surface area (Å²) in [7, 11) is -3.51. The van der Waals surface area contributed by atoms with Crippen molar-refractivity contribution in [3.05, 3.63) is 46.8 Å². The van der Waals surface area contributed by atoms with Gasteiger partial charge < -0.3 is 10.1 Å². The van der Waals surface area contributed by atoms with Gasteiger partial charge in [-0.1, -0.05) is 12.1 Å². The van der Waals surface area contributed by atoms with Crippen molar-refractivity contribution in [3.8, 4) is 5.75 Å². The van der Waals surface area contributed by atoms with E-state index in [1.807, 2.05) is 26.0 Å². The zero-order chi connectivity index (χ0) is 20.1. The first-order valence-corrected chi connectivity index (χ1v) is 11.7. The third-order valence-electron chi connectivity index (χ3n) is 4.71. The molecule has 1 fully saturated rings. The molecule has 3 rings (SSSR count). The normalized spacial score (nSPS) is 18.0. The Bertz CT molecular complexity index is 890. The smallest absolute Gasteiger partial charge is 0.252 e. The molecule has 1 aromatic carbocycles. The quantitative estimate of drug-likeness (QED) is 0.696. The lowest BCUT2D eigenvalue weighted by atomic mass is 9.99. The molecule has 0 radical (unpaired) electrons. The first-order valence-electron chi connectivity index (χ1n) is 9.39. The van der Waals surface area contributed by atoms with Crippen LogP contribution in [0.2, 0.25) is 0 Å². The van der Waals surface area contributed by atoms with Crippen LogP contribution in [0, 0.1) is 19.8 Å². The average Bonchev–Trinajstić information content (AvgIpc) is 3.20. The van der Waals surface area contributed by atoms with Gasteiger partial charge in [0.05, 0.1) is 12.5 Å². The number of piperidine rings is 1. The highest BCUT2D eigenvalue weighted by molar-refractivity contribution is 7.91. The third kappa shape index (κ3) is 5.12. The number of hydrogen-bond acceptors (Lipinski definition) is 5. The van der Waals surface area contributed by atoms with Gasteiger partial charge in [0.25, 0.3) is 10.0 Å². The highest BCUT2D eigenvalue weighted by Crippen LogP contribution is 2.26. The summed E-state index contributed by atoms with van der Waals surface area (Å²) in [6, 6.07) is 9.33. The molecule has 0 aliphatic carbocycles. The molecule has 1 unspecified atom stereocenters.